The summed E-state index contributed by atoms with van der Waals surface area (Å²) in [6.07, 6.45) is 2.11. The minimum absolute atomic E-state index is 0. The van der Waals surface area contributed by atoms with Crippen LogP contribution in [0, 0.1) is 12.1 Å². The van der Waals surface area contributed by atoms with Crippen molar-refractivity contribution in [3.63, 3.8) is 0 Å². The molecule has 4 aromatic heterocycles. The molecule has 0 aliphatic heterocycles. The van der Waals surface area contributed by atoms with Gasteiger partial charge < -0.3 is 18.4 Å². The zero-order valence-electron chi connectivity index (χ0n) is 33.8. The van der Waals surface area contributed by atoms with Crippen molar-refractivity contribution in [2.45, 2.75) is 59.2 Å². The van der Waals surface area contributed by atoms with E-state index in [0.717, 1.165) is 83.2 Å². The van der Waals surface area contributed by atoms with Gasteiger partial charge in [-0.25, -0.2) is 0 Å². The van der Waals surface area contributed by atoms with Gasteiger partial charge in [-0.15, -0.1) is 53.6 Å². The third-order valence-electron chi connectivity index (χ3n) is 10.9. The number of benzene rings is 6. The number of hydrogen-bond acceptors (Lipinski definition) is 4. The normalized spacial score (nSPS) is 11.9. The second-order valence-corrected chi connectivity index (χ2v) is 21.5. The molecular weight excluding hydrogens is 907 g/mol. The van der Waals surface area contributed by atoms with Gasteiger partial charge in [0.25, 0.3) is 0 Å². The smallest absolute Gasteiger partial charge is 0.158 e. The van der Waals surface area contributed by atoms with Crippen molar-refractivity contribution >= 4 is 68.2 Å². The summed E-state index contributed by atoms with van der Waals surface area (Å²) in [7, 11) is -1.36. The summed E-state index contributed by atoms with van der Waals surface area (Å²) >= 11 is 0. The van der Waals surface area contributed by atoms with E-state index >= 15 is 0 Å². The third-order valence-corrected chi connectivity index (χ3v) is 12.9. The van der Waals surface area contributed by atoms with Crippen LogP contribution in [0.4, 0.5) is 0 Å². The molecule has 58 heavy (non-hydrogen) atoms. The minimum Gasteiger partial charge on any atom is -0.501 e. The molecular formula is C51H45IrN3O2Si-2. The Bertz CT molecular complexity index is 3070. The van der Waals surface area contributed by atoms with Crippen LogP contribution in [-0.2, 0) is 20.1 Å². The van der Waals surface area contributed by atoms with Crippen LogP contribution in [0.15, 0.2) is 142 Å². The van der Waals surface area contributed by atoms with Gasteiger partial charge in [0.05, 0.1) is 36.2 Å². The summed E-state index contributed by atoms with van der Waals surface area (Å²) in [5.41, 5.74) is 11.9. The predicted molar refractivity (Wildman–Crippen MR) is 240 cm³/mol. The van der Waals surface area contributed by atoms with Crippen molar-refractivity contribution in [1.82, 2.24) is 14.5 Å². The van der Waals surface area contributed by atoms with Gasteiger partial charge in [0.15, 0.2) is 5.58 Å². The van der Waals surface area contributed by atoms with Crippen LogP contribution in [0.25, 0.3) is 83.2 Å². The molecule has 0 atom stereocenters. The average Bonchev–Trinajstić information content (AvgIpc) is 3.92. The van der Waals surface area contributed by atoms with Crippen LogP contribution in [0.3, 0.4) is 0 Å². The van der Waals surface area contributed by atoms with Crippen molar-refractivity contribution in [1.29, 1.82) is 0 Å². The van der Waals surface area contributed by atoms with Gasteiger partial charge in [0.2, 0.25) is 0 Å². The average molecular weight is 952 g/mol. The van der Waals surface area contributed by atoms with E-state index < -0.39 is 8.07 Å². The quantitative estimate of drug-likeness (QED) is 0.123. The first kappa shape index (κ1) is 39.2. The number of pyridine rings is 1. The standard InChI is InChI=1S/C31H17N2O2.C20H28NSi.Ir/c1-5-17-27-19(9-1)21-11-7-13-23(29(21)34-27)31-32-24-14-3-4-15-25(24)33(31)26-16-8-12-22-20-10-2-6-18-28(20)35-30(22)26;1-14(2)16-8-10-17(11-9-16)19-12-18(15(3)4)20(13-21-19)22(5,6)7;/h1-12,14-18H;8-10,12-15H,1-7H3;/q2*-1;. The van der Waals surface area contributed by atoms with Crippen molar-refractivity contribution in [2.75, 3.05) is 0 Å². The molecule has 6 aromatic carbocycles. The first-order chi connectivity index (χ1) is 27.6. The summed E-state index contributed by atoms with van der Waals surface area (Å²) in [5, 5.41) is 5.79. The molecule has 0 saturated carbocycles. The number of fused-ring (bicyclic) bond motifs is 7. The van der Waals surface area contributed by atoms with Crippen molar-refractivity contribution in [3.05, 3.63) is 157 Å². The Balaban J connectivity index is 0.000000178. The molecule has 10 aromatic rings. The van der Waals surface area contributed by atoms with Gasteiger partial charge in [-0.2, -0.15) is 0 Å². The number of rotatable bonds is 6. The first-order valence-corrected chi connectivity index (χ1v) is 23.3. The molecule has 0 aliphatic rings. The number of imidazole rings is 1. The van der Waals surface area contributed by atoms with E-state index in [9.17, 15) is 0 Å². The van der Waals surface area contributed by atoms with Crippen molar-refractivity contribution in [2.24, 2.45) is 0 Å². The van der Waals surface area contributed by atoms with Gasteiger partial charge >= 0.3 is 0 Å². The molecule has 0 bridgehead atoms. The molecule has 10 rings (SSSR count). The molecule has 291 valence electrons. The van der Waals surface area contributed by atoms with E-state index in [1.165, 1.54) is 16.3 Å². The number of hydrogen-bond donors (Lipinski definition) is 0. The molecule has 0 amide bonds. The van der Waals surface area contributed by atoms with E-state index in [-0.39, 0.29) is 20.1 Å². The second-order valence-electron chi connectivity index (χ2n) is 16.5. The molecule has 0 fully saturated rings. The maximum absolute atomic E-state index is 6.40. The number of para-hydroxylation sites is 5. The SMILES string of the molecule is CC(C)c1c[c-]c(-c2cc(C(C)C)c([Si](C)(C)C)cn2)cc1.[Ir].[c-]1ccc2c(oc3ccccc32)c1-c1nc2ccccc2n1-c1cccc2c1oc1ccccc12. The van der Waals surface area contributed by atoms with E-state index in [1.807, 2.05) is 60.7 Å². The fourth-order valence-electron chi connectivity index (χ4n) is 7.88. The monoisotopic (exact) mass is 952 g/mol. The molecule has 0 N–H and O–H groups in total. The molecule has 0 spiro atoms. The van der Waals surface area contributed by atoms with Gasteiger partial charge in [0, 0.05) is 42.5 Å². The second kappa shape index (κ2) is 15.6. The van der Waals surface area contributed by atoms with E-state index in [2.05, 4.69) is 137 Å². The summed E-state index contributed by atoms with van der Waals surface area (Å²) < 4.78 is 14.9. The molecule has 0 saturated heterocycles. The van der Waals surface area contributed by atoms with Crippen LogP contribution >= 0.6 is 0 Å². The molecule has 7 heteroatoms. The summed E-state index contributed by atoms with van der Waals surface area (Å²) in [6.45, 7) is 16.1. The van der Waals surface area contributed by atoms with E-state index in [1.54, 1.807) is 0 Å². The molecule has 5 nitrogen and oxygen atoms in total. The van der Waals surface area contributed by atoms with E-state index in [0.29, 0.717) is 11.8 Å². The molecule has 0 unspecified atom stereocenters. The Morgan fingerprint density at radius 2 is 1.31 bits per heavy atom. The zero-order valence-corrected chi connectivity index (χ0v) is 37.2. The largest absolute Gasteiger partial charge is 0.501 e. The van der Waals surface area contributed by atoms with Crippen LogP contribution in [0.5, 0.6) is 0 Å². The summed E-state index contributed by atoms with van der Waals surface area (Å²) in [5.74, 6) is 1.83. The molecule has 1 radical (unpaired) electrons. The Hall–Kier alpha value is -5.59. The Morgan fingerprint density at radius 3 is 1.98 bits per heavy atom. The Labute approximate surface area is 354 Å². The van der Waals surface area contributed by atoms with Gasteiger partial charge in [0.1, 0.15) is 11.2 Å². The summed E-state index contributed by atoms with van der Waals surface area (Å²) in [4.78, 5) is 9.81. The predicted octanol–water partition coefficient (Wildman–Crippen LogP) is 13.6. The van der Waals surface area contributed by atoms with Gasteiger partial charge in [-0.1, -0.05) is 136 Å². The number of nitrogens with zero attached hydrogens (tertiary/aromatic N) is 3. The maximum Gasteiger partial charge on any atom is 0.158 e. The number of furan rings is 2. The maximum atomic E-state index is 6.40. The van der Waals surface area contributed by atoms with Crippen LogP contribution in [-0.4, -0.2) is 22.6 Å². The number of aromatic nitrogens is 3. The van der Waals surface area contributed by atoms with Gasteiger partial charge in [-0.3, -0.25) is 4.98 Å². The van der Waals surface area contributed by atoms with Crippen LogP contribution in [0.1, 0.15) is 50.7 Å². The Kier molecular flexibility index (Phi) is 10.6. The van der Waals surface area contributed by atoms with Crippen molar-refractivity contribution in [3.8, 4) is 28.3 Å². The molecule has 4 heterocycles. The van der Waals surface area contributed by atoms with E-state index in [4.69, 9.17) is 18.8 Å². The van der Waals surface area contributed by atoms with Crippen LogP contribution < -0.4 is 5.19 Å². The molecule has 0 aliphatic carbocycles. The fraction of sp³-hybridized carbons (Fsp3) is 0.176. The zero-order chi connectivity index (χ0) is 39.4. The fourth-order valence-corrected chi connectivity index (χ4v) is 9.56. The topological polar surface area (TPSA) is 57.0 Å². The summed E-state index contributed by atoms with van der Waals surface area (Å²) in [6, 6.07) is 50.2. The Morgan fingerprint density at radius 1 is 0.655 bits per heavy atom. The van der Waals surface area contributed by atoms with Crippen molar-refractivity contribution < 1.29 is 28.9 Å². The minimum atomic E-state index is -1.36. The third kappa shape index (κ3) is 7.02. The van der Waals surface area contributed by atoms with Gasteiger partial charge in [-0.05, 0) is 47.1 Å². The first-order valence-electron chi connectivity index (χ1n) is 19.8. The van der Waals surface area contributed by atoms with Crippen LogP contribution in [0.2, 0.25) is 19.6 Å².